The van der Waals surface area contributed by atoms with Crippen LogP contribution in [0.25, 0.3) is 10.9 Å². The number of benzene rings is 3. The summed E-state index contributed by atoms with van der Waals surface area (Å²) in [5.41, 5.74) is 2.28. The first-order valence-corrected chi connectivity index (χ1v) is 9.80. The Kier molecular flexibility index (Phi) is 5.50. The maximum absolute atomic E-state index is 13.5. The maximum Gasteiger partial charge on any atom is 0.147 e. The fraction of sp³-hybridized carbons (Fsp3) is 0.0455. The zero-order chi connectivity index (χ0) is 20.5. The van der Waals surface area contributed by atoms with E-state index in [0.29, 0.717) is 31.8 Å². The van der Waals surface area contributed by atoms with Crippen molar-refractivity contribution in [3.8, 4) is 5.75 Å². The summed E-state index contributed by atoms with van der Waals surface area (Å²) >= 11 is 18.5. The highest BCUT2D eigenvalue weighted by molar-refractivity contribution is 6.44. The van der Waals surface area contributed by atoms with Crippen molar-refractivity contribution in [3.63, 3.8) is 0 Å². The van der Waals surface area contributed by atoms with Gasteiger partial charge in [0.2, 0.25) is 0 Å². The lowest BCUT2D eigenvalue weighted by Crippen LogP contribution is -2.13. The molecular formula is C22H14Cl3FN2O. The van der Waals surface area contributed by atoms with Gasteiger partial charge in [-0.1, -0.05) is 65.1 Å². The lowest BCUT2D eigenvalue weighted by atomic mass is 9.96. The molecule has 1 heterocycles. The molecule has 29 heavy (non-hydrogen) atoms. The van der Waals surface area contributed by atoms with Crippen LogP contribution in [0.3, 0.4) is 0 Å². The molecule has 0 amide bonds. The van der Waals surface area contributed by atoms with Crippen molar-refractivity contribution in [3.05, 3.63) is 98.9 Å². The van der Waals surface area contributed by atoms with Crippen LogP contribution in [0.15, 0.2) is 66.9 Å². The summed E-state index contributed by atoms with van der Waals surface area (Å²) in [6.45, 7) is 0. The van der Waals surface area contributed by atoms with Crippen LogP contribution in [0.4, 0.5) is 10.1 Å². The highest BCUT2D eigenvalue weighted by Gasteiger charge is 2.21. The number of phenols is 1. The molecule has 0 saturated carbocycles. The molecule has 0 spiro atoms. The Hall–Kier alpha value is -2.53. The van der Waals surface area contributed by atoms with Crippen molar-refractivity contribution in [2.75, 3.05) is 5.32 Å². The number of pyridine rings is 1. The van der Waals surface area contributed by atoms with E-state index >= 15 is 0 Å². The van der Waals surface area contributed by atoms with Crippen LogP contribution in [0.5, 0.6) is 5.75 Å². The number of halogens is 4. The summed E-state index contributed by atoms with van der Waals surface area (Å²) in [5.74, 6) is -0.328. The molecule has 0 fully saturated rings. The number of aromatic nitrogens is 1. The number of hydrogen-bond donors (Lipinski definition) is 2. The van der Waals surface area contributed by atoms with Crippen LogP contribution in [0.2, 0.25) is 15.1 Å². The van der Waals surface area contributed by atoms with Crippen molar-refractivity contribution in [1.82, 2.24) is 4.98 Å². The van der Waals surface area contributed by atoms with Crippen molar-refractivity contribution in [1.29, 1.82) is 0 Å². The fourth-order valence-electron chi connectivity index (χ4n) is 3.16. The monoisotopic (exact) mass is 446 g/mol. The zero-order valence-corrected chi connectivity index (χ0v) is 17.1. The van der Waals surface area contributed by atoms with Gasteiger partial charge in [-0.05, 0) is 35.9 Å². The number of anilines is 1. The van der Waals surface area contributed by atoms with Crippen molar-refractivity contribution in [2.24, 2.45) is 0 Å². The molecule has 7 heteroatoms. The third-order valence-corrected chi connectivity index (χ3v) is 5.64. The molecule has 4 rings (SSSR count). The number of rotatable bonds is 4. The van der Waals surface area contributed by atoms with E-state index in [1.807, 2.05) is 12.1 Å². The van der Waals surface area contributed by atoms with Crippen molar-refractivity contribution >= 4 is 51.4 Å². The van der Waals surface area contributed by atoms with Gasteiger partial charge in [0.25, 0.3) is 0 Å². The van der Waals surface area contributed by atoms with Crippen molar-refractivity contribution in [2.45, 2.75) is 6.04 Å². The second-order valence-electron chi connectivity index (χ2n) is 6.45. The molecule has 3 aromatic carbocycles. The van der Waals surface area contributed by atoms with E-state index in [2.05, 4.69) is 10.3 Å². The van der Waals surface area contributed by atoms with Gasteiger partial charge in [0, 0.05) is 17.1 Å². The van der Waals surface area contributed by atoms with Gasteiger partial charge in [-0.25, -0.2) is 4.39 Å². The zero-order valence-electron chi connectivity index (χ0n) is 14.8. The Morgan fingerprint density at radius 3 is 2.38 bits per heavy atom. The van der Waals surface area contributed by atoms with Gasteiger partial charge < -0.3 is 10.4 Å². The van der Waals surface area contributed by atoms with E-state index in [0.717, 1.165) is 10.9 Å². The van der Waals surface area contributed by atoms with E-state index in [9.17, 15) is 9.50 Å². The Balaban J connectivity index is 1.87. The third-order valence-electron chi connectivity index (χ3n) is 4.60. The molecule has 3 nitrogen and oxygen atoms in total. The van der Waals surface area contributed by atoms with E-state index in [4.69, 9.17) is 34.8 Å². The lowest BCUT2D eigenvalue weighted by molar-refractivity contribution is 0.471. The number of nitrogens with zero attached hydrogens (tertiary/aromatic N) is 1. The molecule has 1 aromatic heterocycles. The number of phenolic OH excluding ortho intramolecular Hbond substituents is 1. The summed E-state index contributed by atoms with van der Waals surface area (Å²) in [6, 6.07) is 15.9. The first kappa shape index (κ1) is 19.8. The van der Waals surface area contributed by atoms with E-state index in [1.54, 1.807) is 36.5 Å². The summed E-state index contributed by atoms with van der Waals surface area (Å²) in [5, 5.41) is 16.0. The largest absolute Gasteiger partial charge is 0.505 e. The minimum atomic E-state index is -0.545. The van der Waals surface area contributed by atoms with Gasteiger partial charge in [0.05, 0.1) is 26.8 Å². The summed E-state index contributed by atoms with van der Waals surface area (Å²) < 4.78 is 13.5. The SMILES string of the molecule is Oc1c(C(Nc2cc(Cl)c(Cl)cc2Cl)c2ccc(F)cc2)ccc2cccnc12. The normalized spacial score (nSPS) is 12.1. The Morgan fingerprint density at radius 1 is 0.897 bits per heavy atom. The third kappa shape index (κ3) is 3.97. The molecule has 0 aliphatic heterocycles. The smallest absolute Gasteiger partial charge is 0.147 e. The Morgan fingerprint density at radius 2 is 1.62 bits per heavy atom. The maximum atomic E-state index is 13.5. The number of aromatic hydroxyl groups is 1. The predicted octanol–water partition coefficient (Wildman–Crippen LogP) is 7.24. The van der Waals surface area contributed by atoms with Gasteiger partial charge in [0.1, 0.15) is 17.1 Å². The first-order valence-electron chi connectivity index (χ1n) is 8.67. The second-order valence-corrected chi connectivity index (χ2v) is 7.68. The molecule has 0 aliphatic carbocycles. The summed E-state index contributed by atoms with van der Waals surface area (Å²) in [4.78, 5) is 4.28. The predicted molar refractivity (Wildman–Crippen MR) is 117 cm³/mol. The fourth-order valence-corrected chi connectivity index (χ4v) is 3.76. The van der Waals surface area contributed by atoms with E-state index in [1.165, 1.54) is 18.2 Å². The molecule has 146 valence electrons. The average Bonchev–Trinajstić information content (AvgIpc) is 2.71. The molecule has 0 saturated heterocycles. The van der Waals surface area contributed by atoms with E-state index < -0.39 is 6.04 Å². The lowest BCUT2D eigenvalue weighted by Gasteiger charge is -2.23. The van der Waals surface area contributed by atoms with Gasteiger partial charge in [-0.15, -0.1) is 0 Å². The van der Waals surface area contributed by atoms with Crippen LogP contribution in [0.1, 0.15) is 17.2 Å². The van der Waals surface area contributed by atoms with Gasteiger partial charge in [-0.3, -0.25) is 4.98 Å². The molecule has 2 N–H and O–H groups in total. The Bertz CT molecular complexity index is 1200. The van der Waals surface area contributed by atoms with Gasteiger partial charge in [0.15, 0.2) is 0 Å². The minimum absolute atomic E-state index is 0.0288. The van der Waals surface area contributed by atoms with Crippen LogP contribution >= 0.6 is 34.8 Å². The van der Waals surface area contributed by atoms with Crippen LogP contribution in [-0.4, -0.2) is 10.1 Å². The second kappa shape index (κ2) is 8.07. The topological polar surface area (TPSA) is 45.1 Å². The summed E-state index contributed by atoms with van der Waals surface area (Å²) in [7, 11) is 0. The number of nitrogens with one attached hydrogen (secondary N) is 1. The molecule has 4 aromatic rings. The highest BCUT2D eigenvalue weighted by atomic mass is 35.5. The van der Waals surface area contributed by atoms with Crippen molar-refractivity contribution < 1.29 is 9.50 Å². The molecule has 0 aliphatic rings. The average molecular weight is 448 g/mol. The van der Waals surface area contributed by atoms with Crippen LogP contribution in [0, 0.1) is 5.82 Å². The van der Waals surface area contributed by atoms with Gasteiger partial charge in [-0.2, -0.15) is 0 Å². The molecule has 0 radical (unpaired) electrons. The van der Waals surface area contributed by atoms with E-state index in [-0.39, 0.29) is 11.6 Å². The quantitative estimate of drug-likeness (QED) is 0.324. The molecule has 1 atom stereocenters. The van der Waals surface area contributed by atoms with Gasteiger partial charge >= 0.3 is 0 Å². The highest BCUT2D eigenvalue weighted by Crippen LogP contribution is 2.39. The first-order chi connectivity index (χ1) is 13.9. The summed E-state index contributed by atoms with van der Waals surface area (Å²) in [6.07, 6.45) is 1.61. The molecule has 1 unspecified atom stereocenters. The number of fused-ring (bicyclic) bond motifs is 1. The Labute approximate surface area is 181 Å². The molecular weight excluding hydrogens is 434 g/mol. The van der Waals surface area contributed by atoms with Crippen LogP contribution < -0.4 is 5.32 Å². The minimum Gasteiger partial charge on any atom is -0.505 e. The molecule has 0 bridgehead atoms. The standard InChI is InChI=1S/C22H14Cl3FN2O/c23-16-10-18(25)19(11-17(16)24)28-20(13-3-6-14(26)7-4-13)15-8-5-12-2-1-9-27-21(12)22(15)29/h1-11,20,28-29H. The number of hydrogen-bond acceptors (Lipinski definition) is 3. The van der Waals surface area contributed by atoms with Crippen LogP contribution in [-0.2, 0) is 0 Å².